The van der Waals surface area contributed by atoms with E-state index in [1.54, 1.807) is 25.2 Å². The van der Waals surface area contributed by atoms with Crippen molar-refractivity contribution < 1.29 is 34.4 Å². The number of carbonyl (C=O) groups is 2. The summed E-state index contributed by atoms with van der Waals surface area (Å²) in [5.41, 5.74) is -1.47. The van der Waals surface area contributed by atoms with Crippen molar-refractivity contribution in [3.05, 3.63) is 35.5 Å². The van der Waals surface area contributed by atoms with E-state index in [-0.39, 0.29) is 18.5 Å². The fourth-order valence-corrected chi connectivity index (χ4v) is 5.14. The van der Waals surface area contributed by atoms with Crippen LogP contribution in [0.4, 0.5) is 0 Å². The van der Waals surface area contributed by atoms with Crippen LogP contribution in [0.1, 0.15) is 52.9 Å². The summed E-state index contributed by atoms with van der Waals surface area (Å²) < 4.78 is 10.8. The molecule has 30 heavy (non-hydrogen) atoms. The summed E-state index contributed by atoms with van der Waals surface area (Å²) in [5.74, 6) is -1.18. The summed E-state index contributed by atoms with van der Waals surface area (Å²) in [6.07, 6.45) is 8.97. The average Bonchev–Trinajstić information content (AvgIpc) is 2.87. The maximum atomic E-state index is 13.1. The molecule has 7 heteroatoms. The van der Waals surface area contributed by atoms with E-state index < -0.39 is 35.3 Å². The van der Waals surface area contributed by atoms with Gasteiger partial charge in [0, 0.05) is 11.5 Å². The Balaban J connectivity index is 1.77. The van der Waals surface area contributed by atoms with Crippen LogP contribution >= 0.6 is 0 Å². The van der Waals surface area contributed by atoms with Gasteiger partial charge in [-0.3, -0.25) is 4.79 Å². The number of carbonyl (C=O) groups excluding carboxylic acids is 2. The van der Waals surface area contributed by atoms with Crippen LogP contribution in [0, 0.1) is 11.3 Å². The van der Waals surface area contributed by atoms with Crippen molar-refractivity contribution in [1.29, 1.82) is 0 Å². The van der Waals surface area contributed by atoms with Gasteiger partial charge < -0.3 is 24.8 Å². The Kier molecular flexibility index (Phi) is 6.28. The van der Waals surface area contributed by atoms with Crippen molar-refractivity contribution in [3.8, 4) is 0 Å². The van der Waals surface area contributed by atoms with Gasteiger partial charge in [-0.05, 0) is 59.0 Å². The molecule has 2 aliphatic carbocycles. The van der Waals surface area contributed by atoms with Crippen LogP contribution in [-0.4, -0.2) is 57.8 Å². The summed E-state index contributed by atoms with van der Waals surface area (Å²) >= 11 is 0. The summed E-state index contributed by atoms with van der Waals surface area (Å²) in [6.45, 7) is 4.64. The van der Waals surface area contributed by atoms with E-state index in [1.807, 2.05) is 13.8 Å². The summed E-state index contributed by atoms with van der Waals surface area (Å²) in [7, 11) is 0. The van der Waals surface area contributed by atoms with Gasteiger partial charge in [0.15, 0.2) is 0 Å². The molecule has 2 fully saturated rings. The molecule has 2 bridgehead atoms. The smallest absolute Gasteiger partial charge is 0.333 e. The molecule has 1 saturated heterocycles. The number of rotatable bonds is 6. The molecule has 0 aromatic heterocycles. The zero-order chi connectivity index (χ0) is 22.2. The minimum absolute atomic E-state index is 0.224. The van der Waals surface area contributed by atoms with Gasteiger partial charge in [0.05, 0.1) is 12.2 Å². The zero-order valence-corrected chi connectivity index (χ0v) is 17.9. The largest absolute Gasteiger partial charge is 0.459 e. The molecule has 0 unspecified atom stereocenters. The van der Waals surface area contributed by atoms with Crippen molar-refractivity contribution in [2.24, 2.45) is 11.3 Å². The molecule has 0 aromatic carbocycles. The van der Waals surface area contributed by atoms with Crippen LogP contribution in [0.2, 0.25) is 0 Å². The molecule has 0 spiro atoms. The molecule has 1 heterocycles. The van der Waals surface area contributed by atoms with Crippen molar-refractivity contribution in [2.75, 3.05) is 13.2 Å². The molecule has 3 N–H and O–H groups in total. The minimum atomic E-state index is -1.12. The Labute approximate surface area is 177 Å². The quantitative estimate of drug-likeness (QED) is 0.260. The molecule has 1 saturated carbocycles. The number of hydrogen-bond donors (Lipinski definition) is 3. The van der Waals surface area contributed by atoms with Gasteiger partial charge in [-0.1, -0.05) is 23.8 Å². The van der Waals surface area contributed by atoms with Crippen LogP contribution in [0.25, 0.3) is 0 Å². The standard InChI is InChI=1S/C23H32O7/c1-15-6-10-22-11-8-18(23(22,28)12-7-15)21(3,30-20(22)27)9-4-5-16(2)19(26)29-14-17(25)13-24/h4-6,9,17-18,24-25,28H,7-8,10-14H2,1-3H3/b9-4+,16-5+/t17-,18+,21-,22-,23+/m1/s1. The number of hydrogen-bond acceptors (Lipinski definition) is 7. The van der Waals surface area contributed by atoms with Gasteiger partial charge in [0.25, 0.3) is 0 Å². The molecule has 0 amide bonds. The third-order valence-corrected chi connectivity index (χ3v) is 7.07. The highest BCUT2D eigenvalue weighted by Crippen LogP contribution is 2.63. The van der Waals surface area contributed by atoms with Gasteiger partial charge in [-0.25, -0.2) is 4.79 Å². The highest BCUT2D eigenvalue weighted by molar-refractivity contribution is 5.88. The minimum Gasteiger partial charge on any atom is -0.459 e. The molecular weight excluding hydrogens is 388 g/mol. The lowest BCUT2D eigenvalue weighted by molar-refractivity contribution is -0.224. The topological polar surface area (TPSA) is 113 Å². The molecule has 5 atom stereocenters. The predicted molar refractivity (Wildman–Crippen MR) is 109 cm³/mol. The van der Waals surface area contributed by atoms with E-state index in [0.29, 0.717) is 31.3 Å². The van der Waals surface area contributed by atoms with Crippen molar-refractivity contribution in [3.63, 3.8) is 0 Å². The molecule has 3 rings (SSSR count). The van der Waals surface area contributed by atoms with E-state index >= 15 is 0 Å². The number of ether oxygens (including phenoxy) is 2. The molecule has 0 aromatic rings. The normalized spacial score (nSPS) is 37.3. The molecule has 7 nitrogen and oxygen atoms in total. The first kappa shape index (κ1) is 22.7. The molecule has 0 radical (unpaired) electrons. The first-order valence-corrected chi connectivity index (χ1v) is 10.5. The monoisotopic (exact) mass is 420 g/mol. The fourth-order valence-electron chi connectivity index (χ4n) is 5.14. The average molecular weight is 421 g/mol. The highest BCUT2D eigenvalue weighted by atomic mass is 16.6. The fraction of sp³-hybridized carbons (Fsp3) is 0.652. The summed E-state index contributed by atoms with van der Waals surface area (Å²) in [4.78, 5) is 25.1. The van der Waals surface area contributed by atoms with E-state index in [1.165, 1.54) is 5.57 Å². The van der Waals surface area contributed by atoms with Crippen molar-refractivity contribution in [2.45, 2.75) is 70.2 Å². The maximum absolute atomic E-state index is 13.1. The van der Waals surface area contributed by atoms with Gasteiger partial charge in [0.2, 0.25) is 0 Å². The Morgan fingerprint density at radius 3 is 2.87 bits per heavy atom. The van der Waals surface area contributed by atoms with E-state index in [0.717, 1.165) is 6.42 Å². The summed E-state index contributed by atoms with van der Waals surface area (Å²) in [6, 6.07) is 0. The van der Waals surface area contributed by atoms with Gasteiger partial charge in [0.1, 0.15) is 23.7 Å². The Morgan fingerprint density at radius 2 is 2.17 bits per heavy atom. The van der Waals surface area contributed by atoms with Gasteiger partial charge in [-0.15, -0.1) is 0 Å². The van der Waals surface area contributed by atoms with E-state index in [4.69, 9.17) is 14.6 Å². The van der Waals surface area contributed by atoms with Crippen LogP contribution in [0.5, 0.6) is 0 Å². The van der Waals surface area contributed by atoms with Crippen LogP contribution in [0.3, 0.4) is 0 Å². The van der Waals surface area contributed by atoms with Gasteiger partial charge >= 0.3 is 11.9 Å². The van der Waals surface area contributed by atoms with Crippen molar-refractivity contribution >= 4 is 11.9 Å². The Hall–Kier alpha value is -1.96. The Morgan fingerprint density at radius 1 is 1.43 bits per heavy atom. The number of aliphatic hydroxyl groups is 3. The SMILES string of the molecule is CC1=CC[C@@]23CC[C@@H]([C@@](C)(/C=C/C=C(\C)C(=O)OC[C@H](O)CO)OC2=O)[C@@]3(O)CC1. The Bertz CT molecular complexity index is 797. The van der Waals surface area contributed by atoms with Gasteiger partial charge in [-0.2, -0.15) is 0 Å². The highest BCUT2D eigenvalue weighted by Gasteiger charge is 2.71. The van der Waals surface area contributed by atoms with E-state index in [9.17, 15) is 19.8 Å². The maximum Gasteiger partial charge on any atom is 0.333 e. The lowest BCUT2D eigenvalue weighted by Crippen LogP contribution is -2.63. The second kappa shape index (κ2) is 8.29. The lowest BCUT2D eigenvalue weighted by atomic mass is 9.62. The molecule has 1 aliphatic heterocycles. The molecule has 3 aliphatic rings. The number of aliphatic hydroxyl groups excluding tert-OH is 2. The second-order valence-electron chi connectivity index (χ2n) is 9.07. The zero-order valence-electron chi connectivity index (χ0n) is 17.9. The third kappa shape index (κ3) is 3.74. The van der Waals surface area contributed by atoms with E-state index in [2.05, 4.69) is 6.08 Å². The third-order valence-electron chi connectivity index (χ3n) is 7.07. The number of esters is 2. The van der Waals surface area contributed by atoms with Crippen molar-refractivity contribution in [1.82, 2.24) is 0 Å². The summed E-state index contributed by atoms with van der Waals surface area (Å²) in [5, 5.41) is 29.8. The lowest BCUT2D eigenvalue weighted by Gasteiger charge is -2.52. The van der Waals surface area contributed by atoms with Crippen LogP contribution in [0.15, 0.2) is 35.5 Å². The first-order valence-electron chi connectivity index (χ1n) is 10.5. The predicted octanol–water partition coefficient (Wildman–Crippen LogP) is 1.96. The number of cyclic esters (lactones) is 1. The molecule has 166 valence electrons. The van der Waals surface area contributed by atoms with Crippen LogP contribution in [-0.2, 0) is 19.1 Å². The van der Waals surface area contributed by atoms with Crippen LogP contribution < -0.4 is 0 Å². The number of allylic oxidation sites excluding steroid dienone is 4. The first-order chi connectivity index (χ1) is 14.1. The molecular formula is C23H32O7. The second-order valence-corrected chi connectivity index (χ2v) is 9.07.